The molecule has 0 bridgehead atoms. The minimum atomic E-state index is 0.00125. The SMILES string of the molecule is CC(C)(C)c1cc2ccc3ccc4c5cc6c(-c7cc(-c8ccccc8)cc(-c8ccccc8)c7)c7c8cccc9cccc(c7c(-c7cc(-c%10ccccc%10)cc(-c%10ccccc%10)c7)c6cc5c5cc(c1)c2c3c45)c98. The fourth-order valence-electron chi connectivity index (χ4n) is 13.4. The third-order valence-electron chi connectivity index (χ3n) is 16.9. The Balaban J connectivity index is 1.15. The van der Waals surface area contributed by atoms with Crippen LogP contribution in [0.15, 0.2) is 249 Å². The van der Waals surface area contributed by atoms with E-state index in [0.717, 1.165) is 0 Å². The van der Waals surface area contributed by atoms with E-state index in [1.165, 1.54) is 169 Å². The monoisotopic (exact) mass is 962 g/mol. The van der Waals surface area contributed by atoms with Gasteiger partial charge in [0.1, 0.15) is 0 Å². The first-order valence-corrected chi connectivity index (χ1v) is 26.8. The highest BCUT2D eigenvalue weighted by atomic mass is 14.3. The van der Waals surface area contributed by atoms with E-state index in [-0.39, 0.29) is 5.41 Å². The molecule has 0 heteroatoms. The molecule has 0 nitrogen and oxygen atoms in total. The Kier molecular flexibility index (Phi) is 9.11. The van der Waals surface area contributed by atoms with Crippen LogP contribution in [0.5, 0.6) is 0 Å². The Morgan fingerprint density at radius 2 is 0.605 bits per heavy atom. The van der Waals surface area contributed by atoms with Gasteiger partial charge in [-0.1, -0.05) is 215 Å². The number of benzene rings is 14. The molecule has 0 radical (unpaired) electrons. The van der Waals surface area contributed by atoms with Crippen molar-refractivity contribution in [3.8, 4) is 66.8 Å². The van der Waals surface area contributed by atoms with Gasteiger partial charge in [-0.15, -0.1) is 0 Å². The van der Waals surface area contributed by atoms with Crippen molar-refractivity contribution in [1.29, 1.82) is 0 Å². The van der Waals surface area contributed by atoms with Gasteiger partial charge < -0.3 is 0 Å². The average Bonchev–Trinajstić information content (AvgIpc) is 4.19. The highest BCUT2D eigenvalue weighted by molar-refractivity contribution is 6.44. The summed E-state index contributed by atoms with van der Waals surface area (Å²) in [4.78, 5) is 0. The molecule has 0 unspecified atom stereocenters. The van der Waals surface area contributed by atoms with E-state index in [4.69, 9.17) is 0 Å². The van der Waals surface area contributed by atoms with Gasteiger partial charge in [-0.05, 0) is 229 Å². The van der Waals surface area contributed by atoms with E-state index in [9.17, 15) is 0 Å². The van der Waals surface area contributed by atoms with E-state index in [1.807, 2.05) is 0 Å². The van der Waals surface area contributed by atoms with Gasteiger partial charge in [0, 0.05) is 0 Å². The smallest absolute Gasteiger partial charge is 0.000740 e. The van der Waals surface area contributed by atoms with E-state index >= 15 is 0 Å². The molecule has 16 aromatic rings. The maximum atomic E-state index is 2.61. The molecule has 0 aliphatic rings. The van der Waals surface area contributed by atoms with Crippen molar-refractivity contribution in [2.24, 2.45) is 0 Å². The van der Waals surface area contributed by atoms with Gasteiger partial charge in [-0.2, -0.15) is 0 Å². The highest BCUT2D eigenvalue weighted by Crippen LogP contribution is 2.55. The molecule has 0 heterocycles. The first kappa shape index (κ1) is 43.1. The van der Waals surface area contributed by atoms with Crippen LogP contribution in [-0.4, -0.2) is 0 Å². The predicted octanol–water partition coefficient (Wildman–Crippen LogP) is 21.7. The minimum absolute atomic E-state index is 0.00125. The molecule has 76 heavy (non-hydrogen) atoms. The third-order valence-corrected chi connectivity index (χ3v) is 16.9. The van der Waals surface area contributed by atoms with E-state index in [2.05, 4.69) is 269 Å². The van der Waals surface area contributed by atoms with Crippen molar-refractivity contribution in [1.82, 2.24) is 0 Å². The molecular formula is C76H50. The lowest BCUT2D eigenvalue weighted by atomic mass is 9.83. The fraction of sp³-hybridized carbons (Fsp3) is 0.0526. The van der Waals surface area contributed by atoms with Crippen LogP contribution in [0, 0.1) is 0 Å². The van der Waals surface area contributed by atoms with Crippen molar-refractivity contribution in [2.45, 2.75) is 26.2 Å². The summed E-state index contributed by atoms with van der Waals surface area (Å²) in [6.07, 6.45) is 0. The van der Waals surface area contributed by atoms with Crippen LogP contribution in [0.2, 0.25) is 0 Å². The molecule has 16 aromatic carbocycles. The van der Waals surface area contributed by atoms with Gasteiger partial charge in [-0.25, -0.2) is 0 Å². The van der Waals surface area contributed by atoms with E-state index < -0.39 is 0 Å². The van der Waals surface area contributed by atoms with E-state index in [0.29, 0.717) is 0 Å². The standard InChI is InChI=1S/C76H50/c1-76(2,3)59-40-51-31-30-50-32-33-60-63-43-66-67(44-64(63)65-42-58(41-59)68(51)72(50)73(60)65)71(57-38-54(47-22-12-6-13-23-47)35-55(39-57)48-24-14-7-15-25-48)75-62-29-17-27-49-26-16-28-61(69(49)62)74(75)70(66)56-36-52(45-18-8-4-9-19-45)34-53(37-56)46-20-10-5-11-21-46/h4-44H,1-3H3. The number of fused-ring (bicyclic) bond motifs is 7. The number of rotatable bonds is 6. The maximum absolute atomic E-state index is 2.61. The second-order valence-corrected chi connectivity index (χ2v) is 22.3. The zero-order valence-corrected chi connectivity index (χ0v) is 42.7. The summed E-state index contributed by atoms with van der Waals surface area (Å²) >= 11 is 0. The van der Waals surface area contributed by atoms with Crippen LogP contribution in [-0.2, 0) is 5.41 Å². The zero-order valence-electron chi connectivity index (χ0n) is 42.7. The molecular weight excluding hydrogens is 913 g/mol. The Morgan fingerprint density at radius 1 is 0.197 bits per heavy atom. The quantitative estimate of drug-likeness (QED) is 0.146. The minimum Gasteiger partial charge on any atom is -0.0622 e. The van der Waals surface area contributed by atoms with Gasteiger partial charge >= 0.3 is 0 Å². The summed E-state index contributed by atoms with van der Waals surface area (Å²) in [5, 5.41) is 23.5. The van der Waals surface area contributed by atoms with Crippen molar-refractivity contribution in [3.63, 3.8) is 0 Å². The largest absolute Gasteiger partial charge is 0.0622 e. The van der Waals surface area contributed by atoms with Crippen molar-refractivity contribution >= 4 is 97.0 Å². The Bertz CT molecular complexity index is 4840. The molecule has 0 amide bonds. The van der Waals surface area contributed by atoms with Crippen LogP contribution in [0.3, 0.4) is 0 Å². The molecule has 354 valence electrons. The normalized spacial score (nSPS) is 12.4. The lowest BCUT2D eigenvalue weighted by Crippen LogP contribution is -2.10. The van der Waals surface area contributed by atoms with Crippen LogP contribution in [0.1, 0.15) is 26.3 Å². The fourth-order valence-corrected chi connectivity index (χ4v) is 13.4. The van der Waals surface area contributed by atoms with Gasteiger partial charge in [0.25, 0.3) is 0 Å². The second-order valence-electron chi connectivity index (χ2n) is 22.3. The molecule has 0 spiro atoms. The van der Waals surface area contributed by atoms with Gasteiger partial charge in [0.05, 0.1) is 0 Å². The summed E-state index contributed by atoms with van der Waals surface area (Å²) in [5.41, 5.74) is 15.9. The first-order valence-electron chi connectivity index (χ1n) is 26.8. The molecule has 0 aliphatic heterocycles. The lowest BCUT2D eigenvalue weighted by Gasteiger charge is -2.21. The summed E-state index contributed by atoms with van der Waals surface area (Å²) < 4.78 is 0. The lowest BCUT2D eigenvalue weighted by molar-refractivity contribution is 0.591. The van der Waals surface area contributed by atoms with Crippen molar-refractivity contribution in [3.05, 3.63) is 254 Å². The van der Waals surface area contributed by atoms with Crippen LogP contribution >= 0.6 is 0 Å². The van der Waals surface area contributed by atoms with E-state index in [1.54, 1.807) is 0 Å². The second kappa shape index (κ2) is 16.1. The molecule has 16 rings (SSSR count). The number of hydrogen-bond acceptors (Lipinski definition) is 0. The van der Waals surface area contributed by atoms with Gasteiger partial charge in [0.15, 0.2) is 0 Å². The maximum Gasteiger partial charge on any atom is -0.000740 e. The Morgan fingerprint density at radius 3 is 1.08 bits per heavy atom. The molecule has 0 N–H and O–H groups in total. The van der Waals surface area contributed by atoms with Gasteiger partial charge in [0.2, 0.25) is 0 Å². The molecule has 0 aromatic heterocycles. The highest BCUT2D eigenvalue weighted by Gasteiger charge is 2.28. The molecule has 0 saturated heterocycles. The summed E-state index contributed by atoms with van der Waals surface area (Å²) in [6, 6.07) is 94.5. The first-order chi connectivity index (χ1) is 37.3. The van der Waals surface area contributed by atoms with Crippen LogP contribution in [0.25, 0.3) is 164 Å². The van der Waals surface area contributed by atoms with Crippen molar-refractivity contribution < 1.29 is 0 Å². The molecule has 0 aliphatic carbocycles. The number of hydrogen-bond donors (Lipinski definition) is 0. The summed E-state index contributed by atoms with van der Waals surface area (Å²) in [7, 11) is 0. The Labute approximate surface area is 441 Å². The van der Waals surface area contributed by atoms with Gasteiger partial charge in [-0.3, -0.25) is 0 Å². The topological polar surface area (TPSA) is 0 Å². The summed E-state index contributed by atoms with van der Waals surface area (Å²) in [6.45, 7) is 7.01. The summed E-state index contributed by atoms with van der Waals surface area (Å²) in [5.74, 6) is 0. The van der Waals surface area contributed by atoms with Crippen LogP contribution < -0.4 is 0 Å². The predicted molar refractivity (Wildman–Crippen MR) is 329 cm³/mol. The zero-order chi connectivity index (χ0) is 50.4. The molecule has 0 fully saturated rings. The third kappa shape index (κ3) is 6.38. The average molecular weight is 963 g/mol. The Hall–Kier alpha value is -9.36. The molecule has 0 atom stereocenters. The van der Waals surface area contributed by atoms with Crippen LogP contribution in [0.4, 0.5) is 0 Å². The van der Waals surface area contributed by atoms with Crippen molar-refractivity contribution in [2.75, 3.05) is 0 Å². The molecule has 0 saturated carbocycles.